The molecule has 1 heterocycles. The maximum absolute atomic E-state index is 5.09. The van der Waals surface area contributed by atoms with E-state index in [4.69, 9.17) is 4.52 Å². The highest BCUT2D eigenvalue weighted by Crippen LogP contribution is 2.21. The fraction of sp³-hybridized carbons (Fsp3) is 0.429. The average molecular weight is 243 g/mol. The zero-order valence-electron chi connectivity index (χ0n) is 10.5. The molecular formula is C14H17N3O. The van der Waals surface area contributed by atoms with Gasteiger partial charge in [-0.25, -0.2) is 0 Å². The van der Waals surface area contributed by atoms with E-state index in [1.807, 2.05) is 6.92 Å². The molecule has 1 aromatic carbocycles. The van der Waals surface area contributed by atoms with Crippen molar-refractivity contribution in [2.75, 3.05) is 6.54 Å². The van der Waals surface area contributed by atoms with Gasteiger partial charge in [0.2, 0.25) is 5.89 Å². The number of nitrogens with zero attached hydrogens (tertiary/aromatic N) is 2. The van der Waals surface area contributed by atoms with Gasteiger partial charge in [-0.3, -0.25) is 0 Å². The largest absolute Gasteiger partial charge is 0.339 e. The number of hydrogen-bond donors (Lipinski definition) is 1. The summed E-state index contributed by atoms with van der Waals surface area (Å²) in [6.45, 7) is 2.73. The van der Waals surface area contributed by atoms with Crippen LogP contribution >= 0.6 is 0 Å². The molecule has 0 amide bonds. The van der Waals surface area contributed by atoms with Crippen LogP contribution in [-0.2, 0) is 19.3 Å². The summed E-state index contributed by atoms with van der Waals surface area (Å²) in [5.74, 6) is 1.42. The molecule has 0 aliphatic heterocycles. The Morgan fingerprint density at radius 2 is 2.00 bits per heavy atom. The number of aryl methyl sites for hydroxylation is 1. The maximum Gasteiger partial charge on any atom is 0.227 e. The summed E-state index contributed by atoms with van der Waals surface area (Å²) < 4.78 is 5.09. The number of benzene rings is 1. The van der Waals surface area contributed by atoms with Crippen LogP contribution in [0.1, 0.15) is 22.8 Å². The lowest BCUT2D eigenvalue weighted by Gasteiger charge is -2.10. The molecule has 1 aliphatic carbocycles. The highest BCUT2D eigenvalue weighted by Gasteiger charge is 2.20. The van der Waals surface area contributed by atoms with Crippen LogP contribution in [-0.4, -0.2) is 22.7 Å². The predicted molar refractivity (Wildman–Crippen MR) is 68.4 cm³/mol. The summed E-state index contributed by atoms with van der Waals surface area (Å²) in [5, 5.41) is 7.34. The second kappa shape index (κ2) is 4.90. The zero-order valence-corrected chi connectivity index (χ0v) is 10.5. The van der Waals surface area contributed by atoms with Crippen molar-refractivity contribution in [3.05, 3.63) is 47.1 Å². The fourth-order valence-corrected chi connectivity index (χ4v) is 2.53. The van der Waals surface area contributed by atoms with Crippen molar-refractivity contribution >= 4 is 0 Å². The van der Waals surface area contributed by atoms with Crippen LogP contribution in [0, 0.1) is 6.92 Å². The van der Waals surface area contributed by atoms with Gasteiger partial charge in [0.25, 0.3) is 0 Å². The minimum atomic E-state index is 0.548. The van der Waals surface area contributed by atoms with Crippen molar-refractivity contribution in [3.63, 3.8) is 0 Å². The van der Waals surface area contributed by atoms with Gasteiger partial charge in [-0.05, 0) is 30.9 Å². The first-order chi connectivity index (χ1) is 8.81. The lowest BCUT2D eigenvalue weighted by atomic mass is 10.1. The summed E-state index contributed by atoms with van der Waals surface area (Å²) in [6.07, 6.45) is 3.05. The van der Waals surface area contributed by atoms with Crippen LogP contribution < -0.4 is 5.32 Å². The maximum atomic E-state index is 5.09. The van der Waals surface area contributed by atoms with Gasteiger partial charge in [-0.1, -0.05) is 29.4 Å². The van der Waals surface area contributed by atoms with E-state index in [1.165, 1.54) is 11.1 Å². The second-order valence-electron chi connectivity index (χ2n) is 4.81. The molecular weight excluding hydrogens is 226 g/mol. The van der Waals surface area contributed by atoms with E-state index >= 15 is 0 Å². The normalized spacial score (nSPS) is 14.9. The monoisotopic (exact) mass is 243 g/mol. The molecule has 0 saturated carbocycles. The molecule has 0 atom stereocenters. The number of aromatic nitrogens is 2. The number of fused-ring (bicyclic) bond motifs is 1. The Hall–Kier alpha value is -1.68. The predicted octanol–water partition coefficient (Wildman–Crippen LogP) is 1.68. The van der Waals surface area contributed by atoms with E-state index in [0.29, 0.717) is 11.9 Å². The van der Waals surface area contributed by atoms with E-state index < -0.39 is 0 Å². The van der Waals surface area contributed by atoms with Crippen LogP contribution in [0.3, 0.4) is 0 Å². The Balaban J connectivity index is 1.48. The van der Waals surface area contributed by atoms with Crippen molar-refractivity contribution < 1.29 is 4.52 Å². The first kappa shape index (κ1) is 11.4. The van der Waals surface area contributed by atoms with Crippen molar-refractivity contribution in [2.24, 2.45) is 0 Å². The molecule has 2 aromatic rings. The highest BCUT2D eigenvalue weighted by molar-refractivity contribution is 5.33. The summed E-state index contributed by atoms with van der Waals surface area (Å²) in [7, 11) is 0. The first-order valence-corrected chi connectivity index (χ1v) is 6.40. The van der Waals surface area contributed by atoms with Crippen molar-refractivity contribution in [1.29, 1.82) is 0 Å². The Kier molecular flexibility index (Phi) is 3.11. The topological polar surface area (TPSA) is 51.0 Å². The Labute approximate surface area is 106 Å². The van der Waals surface area contributed by atoms with Crippen LogP contribution in [0.5, 0.6) is 0 Å². The lowest BCUT2D eigenvalue weighted by Crippen LogP contribution is -2.31. The summed E-state index contributed by atoms with van der Waals surface area (Å²) in [5.41, 5.74) is 2.95. The minimum Gasteiger partial charge on any atom is -0.339 e. The third-order valence-electron chi connectivity index (χ3n) is 3.39. The molecule has 4 nitrogen and oxygen atoms in total. The molecule has 3 rings (SSSR count). The van der Waals surface area contributed by atoms with Crippen LogP contribution in [0.2, 0.25) is 0 Å². The number of hydrogen-bond acceptors (Lipinski definition) is 4. The van der Waals surface area contributed by atoms with Gasteiger partial charge in [0, 0.05) is 19.0 Å². The van der Waals surface area contributed by atoms with Gasteiger partial charge in [-0.2, -0.15) is 4.98 Å². The molecule has 94 valence electrons. The van der Waals surface area contributed by atoms with Gasteiger partial charge < -0.3 is 9.84 Å². The molecule has 1 aliphatic rings. The lowest BCUT2D eigenvalue weighted by molar-refractivity contribution is 0.369. The molecule has 1 aromatic heterocycles. The molecule has 0 unspecified atom stereocenters. The summed E-state index contributed by atoms with van der Waals surface area (Å²) >= 11 is 0. The van der Waals surface area contributed by atoms with E-state index in [0.717, 1.165) is 31.7 Å². The third-order valence-corrected chi connectivity index (χ3v) is 3.39. The van der Waals surface area contributed by atoms with Crippen LogP contribution in [0.15, 0.2) is 28.8 Å². The smallest absolute Gasteiger partial charge is 0.227 e. The fourth-order valence-electron chi connectivity index (χ4n) is 2.53. The molecule has 1 N–H and O–H groups in total. The van der Waals surface area contributed by atoms with E-state index in [2.05, 4.69) is 39.7 Å². The SMILES string of the molecule is Cc1noc(CCNC2Cc3ccccc3C2)n1. The van der Waals surface area contributed by atoms with Crippen molar-refractivity contribution in [2.45, 2.75) is 32.2 Å². The molecule has 4 heteroatoms. The second-order valence-corrected chi connectivity index (χ2v) is 4.81. The molecule has 18 heavy (non-hydrogen) atoms. The minimum absolute atomic E-state index is 0.548. The standard InChI is InChI=1S/C14H17N3O/c1-10-16-14(18-17-10)6-7-15-13-8-11-4-2-3-5-12(11)9-13/h2-5,13,15H,6-9H2,1H3. The number of rotatable bonds is 4. The van der Waals surface area contributed by atoms with Crippen molar-refractivity contribution in [3.8, 4) is 0 Å². The summed E-state index contributed by atoms with van der Waals surface area (Å²) in [6, 6.07) is 9.22. The highest BCUT2D eigenvalue weighted by atomic mass is 16.5. The molecule has 0 fully saturated rings. The van der Waals surface area contributed by atoms with Crippen LogP contribution in [0.4, 0.5) is 0 Å². The van der Waals surface area contributed by atoms with Gasteiger partial charge in [0.15, 0.2) is 5.82 Å². The molecule has 0 bridgehead atoms. The van der Waals surface area contributed by atoms with Crippen LogP contribution in [0.25, 0.3) is 0 Å². The van der Waals surface area contributed by atoms with Gasteiger partial charge in [0.05, 0.1) is 0 Å². The molecule has 0 saturated heterocycles. The summed E-state index contributed by atoms with van der Waals surface area (Å²) in [4.78, 5) is 4.20. The molecule has 0 radical (unpaired) electrons. The van der Waals surface area contributed by atoms with E-state index in [1.54, 1.807) is 0 Å². The number of nitrogens with one attached hydrogen (secondary N) is 1. The average Bonchev–Trinajstić information content (AvgIpc) is 2.95. The van der Waals surface area contributed by atoms with E-state index in [9.17, 15) is 0 Å². The van der Waals surface area contributed by atoms with Gasteiger partial charge >= 0.3 is 0 Å². The van der Waals surface area contributed by atoms with Gasteiger partial charge in [0.1, 0.15) is 0 Å². The molecule has 0 spiro atoms. The third kappa shape index (κ3) is 2.43. The Bertz CT molecular complexity index is 510. The van der Waals surface area contributed by atoms with Crippen molar-refractivity contribution in [1.82, 2.24) is 15.5 Å². The zero-order chi connectivity index (χ0) is 12.4. The quantitative estimate of drug-likeness (QED) is 0.887. The Morgan fingerprint density at radius 1 is 1.28 bits per heavy atom. The van der Waals surface area contributed by atoms with Gasteiger partial charge in [-0.15, -0.1) is 0 Å². The first-order valence-electron chi connectivity index (χ1n) is 6.40. The Morgan fingerprint density at radius 3 is 2.61 bits per heavy atom. The van der Waals surface area contributed by atoms with E-state index in [-0.39, 0.29) is 0 Å².